The lowest BCUT2D eigenvalue weighted by molar-refractivity contribution is 0.0669. The molecule has 0 saturated carbocycles. The number of nitrogens with zero attached hydrogens (tertiary/aromatic N) is 3. The lowest BCUT2D eigenvalue weighted by atomic mass is 9.98. The van der Waals surface area contributed by atoms with Crippen LogP contribution in [-0.2, 0) is 5.41 Å². The van der Waals surface area contributed by atoms with Crippen LogP contribution in [0.25, 0.3) is 0 Å². The number of thiazole rings is 1. The minimum atomic E-state index is 0.0132. The van der Waals surface area contributed by atoms with E-state index in [1.165, 1.54) is 12.8 Å². The highest BCUT2D eigenvalue weighted by Crippen LogP contribution is 2.32. The number of carbonyl (C=O) groups excluding carboxylic acids is 1. The van der Waals surface area contributed by atoms with Gasteiger partial charge in [-0.15, -0.1) is 11.3 Å². The number of likely N-dealkylation sites (tertiary alicyclic amines) is 2. The molecule has 2 aliphatic heterocycles. The van der Waals surface area contributed by atoms with Gasteiger partial charge in [-0.1, -0.05) is 20.8 Å². The minimum Gasteiger partial charge on any atom is -0.333 e. The zero-order valence-corrected chi connectivity index (χ0v) is 14.9. The number of amides is 1. The maximum atomic E-state index is 12.9. The molecule has 3 heterocycles. The third-order valence-electron chi connectivity index (χ3n) is 4.94. The molecule has 0 radical (unpaired) electrons. The summed E-state index contributed by atoms with van der Waals surface area (Å²) < 4.78 is 0. The average Bonchev–Trinajstić information content (AvgIpc) is 3.16. The summed E-state index contributed by atoms with van der Waals surface area (Å²) in [5, 5.41) is 1.05. The summed E-state index contributed by atoms with van der Waals surface area (Å²) in [7, 11) is 2.20. The highest BCUT2D eigenvalue weighted by Gasteiger charge is 2.39. The van der Waals surface area contributed by atoms with Gasteiger partial charge in [0, 0.05) is 24.0 Å². The summed E-state index contributed by atoms with van der Waals surface area (Å²) in [6.45, 7) is 8.50. The quantitative estimate of drug-likeness (QED) is 0.839. The van der Waals surface area contributed by atoms with E-state index in [9.17, 15) is 4.79 Å². The number of likely N-dealkylation sites (N-methyl/N-ethyl adjacent to an activating group) is 1. The fourth-order valence-corrected chi connectivity index (χ4v) is 4.66. The number of carbonyl (C=O) groups is 1. The molecule has 2 atom stereocenters. The van der Waals surface area contributed by atoms with Crippen molar-refractivity contribution in [2.24, 2.45) is 0 Å². The van der Waals surface area contributed by atoms with Crippen molar-refractivity contribution in [3.05, 3.63) is 16.1 Å². The van der Waals surface area contributed by atoms with Crippen molar-refractivity contribution in [3.63, 3.8) is 0 Å². The Morgan fingerprint density at radius 3 is 2.50 bits per heavy atom. The van der Waals surface area contributed by atoms with Crippen LogP contribution in [0.1, 0.15) is 61.1 Å². The SMILES string of the molecule is CN1CCC[C@H]1[C@@H]1CCCN1C(=O)c1cnc(C(C)(C)C)s1. The lowest BCUT2D eigenvalue weighted by Gasteiger charge is -2.33. The molecular weight excluding hydrogens is 294 g/mol. The Balaban J connectivity index is 1.77. The third-order valence-corrected chi connectivity index (χ3v) is 6.35. The Bertz CT molecular complexity index is 548. The Morgan fingerprint density at radius 1 is 1.23 bits per heavy atom. The first kappa shape index (κ1) is 15.9. The maximum absolute atomic E-state index is 12.9. The first-order valence-electron chi connectivity index (χ1n) is 8.35. The summed E-state index contributed by atoms with van der Waals surface area (Å²) in [5.41, 5.74) is 0.0132. The Hall–Kier alpha value is -0.940. The first-order chi connectivity index (χ1) is 10.4. The van der Waals surface area contributed by atoms with Crippen LogP contribution in [0.2, 0.25) is 0 Å². The molecule has 0 N–H and O–H groups in total. The first-order valence-corrected chi connectivity index (χ1v) is 9.17. The van der Waals surface area contributed by atoms with E-state index in [2.05, 4.69) is 42.6 Å². The number of hydrogen-bond donors (Lipinski definition) is 0. The standard InChI is InChI=1S/C17H27N3OS/c1-17(2,3)16-18-11-14(22-16)15(21)20-10-6-8-13(20)12-7-5-9-19(12)4/h11-13H,5-10H2,1-4H3/t12-,13-/m0/s1. The van der Waals surface area contributed by atoms with Crippen LogP contribution in [0.5, 0.6) is 0 Å². The molecule has 0 unspecified atom stereocenters. The molecular formula is C17H27N3OS. The second kappa shape index (κ2) is 5.93. The molecule has 22 heavy (non-hydrogen) atoms. The van der Waals surface area contributed by atoms with Crippen LogP contribution >= 0.6 is 11.3 Å². The average molecular weight is 321 g/mol. The van der Waals surface area contributed by atoms with E-state index in [0.29, 0.717) is 12.1 Å². The number of aromatic nitrogens is 1. The van der Waals surface area contributed by atoms with E-state index in [-0.39, 0.29) is 11.3 Å². The summed E-state index contributed by atoms with van der Waals surface area (Å²) >= 11 is 1.56. The van der Waals surface area contributed by atoms with Gasteiger partial charge in [-0.25, -0.2) is 4.98 Å². The van der Waals surface area contributed by atoms with Crippen molar-refractivity contribution in [2.45, 2.75) is 64.0 Å². The van der Waals surface area contributed by atoms with Crippen LogP contribution in [0.3, 0.4) is 0 Å². The molecule has 4 nitrogen and oxygen atoms in total. The Morgan fingerprint density at radius 2 is 1.91 bits per heavy atom. The molecule has 122 valence electrons. The molecule has 0 bridgehead atoms. The molecule has 1 amide bonds. The Labute approximate surface area is 137 Å². The molecule has 3 rings (SSSR count). The summed E-state index contributed by atoms with van der Waals surface area (Å²) in [4.78, 5) is 22.8. The Kier molecular flexibility index (Phi) is 4.29. The largest absolute Gasteiger partial charge is 0.333 e. The molecule has 0 spiro atoms. The van der Waals surface area contributed by atoms with Crippen LogP contribution in [0, 0.1) is 0 Å². The molecule has 1 aromatic rings. The van der Waals surface area contributed by atoms with E-state index >= 15 is 0 Å². The van der Waals surface area contributed by atoms with Crippen molar-refractivity contribution in [3.8, 4) is 0 Å². The van der Waals surface area contributed by atoms with Gasteiger partial charge in [0.15, 0.2) is 0 Å². The molecule has 2 saturated heterocycles. The number of rotatable bonds is 2. The van der Waals surface area contributed by atoms with Crippen molar-refractivity contribution in [2.75, 3.05) is 20.1 Å². The maximum Gasteiger partial charge on any atom is 0.265 e. The molecule has 0 aliphatic carbocycles. The smallest absolute Gasteiger partial charge is 0.265 e. The highest BCUT2D eigenvalue weighted by molar-refractivity contribution is 7.13. The number of hydrogen-bond acceptors (Lipinski definition) is 4. The van der Waals surface area contributed by atoms with E-state index in [4.69, 9.17) is 0 Å². The summed E-state index contributed by atoms with van der Waals surface area (Å²) in [6.07, 6.45) is 6.54. The predicted octanol–water partition coefficient (Wildman–Crippen LogP) is 3.14. The zero-order valence-electron chi connectivity index (χ0n) is 14.1. The van der Waals surface area contributed by atoms with E-state index < -0.39 is 0 Å². The van der Waals surface area contributed by atoms with Gasteiger partial charge < -0.3 is 9.80 Å². The van der Waals surface area contributed by atoms with Gasteiger partial charge in [0.25, 0.3) is 5.91 Å². The van der Waals surface area contributed by atoms with Crippen molar-refractivity contribution < 1.29 is 4.79 Å². The van der Waals surface area contributed by atoms with E-state index in [0.717, 1.165) is 35.8 Å². The van der Waals surface area contributed by atoms with E-state index in [1.54, 1.807) is 17.5 Å². The van der Waals surface area contributed by atoms with Gasteiger partial charge in [-0.2, -0.15) is 0 Å². The fraction of sp³-hybridized carbons (Fsp3) is 0.765. The van der Waals surface area contributed by atoms with Crippen molar-refractivity contribution >= 4 is 17.2 Å². The van der Waals surface area contributed by atoms with Crippen LogP contribution in [-0.4, -0.2) is 52.9 Å². The predicted molar refractivity (Wildman–Crippen MR) is 90.5 cm³/mol. The topological polar surface area (TPSA) is 36.4 Å². The van der Waals surface area contributed by atoms with E-state index in [1.807, 2.05) is 0 Å². The summed E-state index contributed by atoms with van der Waals surface area (Å²) in [6, 6.07) is 0.932. The van der Waals surface area contributed by atoms with Gasteiger partial charge in [0.2, 0.25) is 0 Å². The van der Waals surface area contributed by atoms with Gasteiger partial charge in [0.05, 0.1) is 11.2 Å². The highest BCUT2D eigenvalue weighted by atomic mass is 32.1. The van der Waals surface area contributed by atoms with Gasteiger partial charge in [-0.3, -0.25) is 4.79 Å². The molecule has 1 aromatic heterocycles. The minimum absolute atomic E-state index is 0.0132. The van der Waals surface area contributed by atoms with Crippen LogP contribution in [0.4, 0.5) is 0 Å². The molecule has 0 aromatic carbocycles. The third kappa shape index (κ3) is 2.93. The van der Waals surface area contributed by atoms with Crippen LogP contribution in [0.15, 0.2) is 6.20 Å². The summed E-state index contributed by atoms with van der Waals surface area (Å²) in [5.74, 6) is 0.191. The molecule has 2 aliphatic rings. The van der Waals surface area contributed by atoms with Gasteiger partial charge in [-0.05, 0) is 39.3 Å². The lowest BCUT2D eigenvalue weighted by Crippen LogP contribution is -2.46. The van der Waals surface area contributed by atoms with Crippen molar-refractivity contribution in [1.82, 2.24) is 14.8 Å². The fourth-order valence-electron chi connectivity index (χ4n) is 3.73. The zero-order chi connectivity index (χ0) is 15.9. The second-order valence-electron chi connectivity index (χ2n) is 7.68. The second-order valence-corrected chi connectivity index (χ2v) is 8.71. The van der Waals surface area contributed by atoms with Crippen molar-refractivity contribution in [1.29, 1.82) is 0 Å². The molecule has 2 fully saturated rings. The normalized spacial score (nSPS) is 26.8. The van der Waals surface area contributed by atoms with Crippen LogP contribution < -0.4 is 0 Å². The van der Waals surface area contributed by atoms with Gasteiger partial charge in [0.1, 0.15) is 4.88 Å². The molecule has 5 heteroatoms. The van der Waals surface area contributed by atoms with Gasteiger partial charge >= 0.3 is 0 Å². The monoisotopic (exact) mass is 321 g/mol.